The van der Waals surface area contributed by atoms with Crippen molar-refractivity contribution in [2.75, 3.05) is 5.73 Å². The Bertz CT molecular complexity index is 628. The number of benzene rings is 2. The Hall–Kier alpha value is -3.09. The third-order valence-corrected chi connectivity index (χ3v) is 2.22. The van der Waals surface area contributed by atoms with Gasteiger partial charge in [0.2, 0.25) is 0 Å². The molecule has 0 heterocycles. The molecule has 0 spiro atoms. The van der Waals surface area contributed by atoms with Crippen LogP contribution in [-0.2, 0) is 0 Å². The van der Waals surface area contributed by atoms with E-state index >= 15 is 0 Å². The summed E-state index contributed by atoms with van der Waals surface area (Å²) in [5.41, 5.74) is 5.66. The van der Waals surface area contributed by atoms with Crippen molar-refractivity contribution in [1.29, 1.82) is 0 Å². The predicted octanol–water partition coefficient (Wildman–Crippen LogP) is 2.27. The van der Waals surface area contributed by atoms with E-state index < -0.39 is 10.9 Å². The number of carbonyl (C=O) groups is 1. The van der Waals surface area contributed by atoms with Gasteiger partial charge in [-0.2, -0.15) is 0 Å². The number of carboxylic acids is 1. The summed E-state index contributed by atoms with van der Waals surface area (Å²) in [7, 11) is 0. The molecule has 7 nitrogen and oxygen atoms in total. The number of anilines is 1. The molecule has 7 heteroatoms. The zero-order chi connectivity index (χ0) is 15.1. The second-order valence-electron chi connectivity index (χ2n) is 3.67. The summed E-state index contributed by atoms with van der Waals surface area (Å²) in [4.78, 5) is 19.9. The van der Waals surface area contributed by atoms with Crippen molar-refractivity contribution in [2.24, 2.45) is 0 Å². The first kappa shape index (κ1) is 15.0. The molecule has 104 valence electrons. The molecule has 0 bridgehead atoms. The highest BCUT2D eigenvalue weighted by molar-refractivity contribution is 5.90. The molecule has 4 N–H and O–H groups in total. The van der Waals surface area contributed by atoms with Crippen LogP contribution in [0.5, 0.6) is 5.75 Å². The minimum atomic E-state index is -1.11. The van der Waals surface area contributed by atoms with Crippen molar-refractivity contribution < 1.29 is 19.9 Å². The number of nitrogen functional groups attached to an aromatic ring is 1. The van der Waals surface area contributed by atoms with E-state index in [2.05, 4.69) is 0 Å². The normalized spacial score (nSPS) is 9.20. The van der Waals surface area contributed by atoms with Crippen LogP contribution in [0.3, 0.4) is 0 Å². The van der Waals surface area contributed by atoms with E-state index in [1.165, 1.54) is 24.3 Å². The molecule has 0 aliphatic heterocycles. The molecule has 2 aromatic rings. The fraction of sp³-hybridized carbons (Fsp3) is 0. The Labute approximate surface area is 114 Å². The van der Waals surface area contributed by atoms with Crippen molar-refractivity contribution in [3.05, 3.63) is 64.2 Å². The van der Waals surface area contributed by atoms with Gasteiger partial charge in [0, 0.05) is 17.8 Å². The second-order valence-corrected chi connectivity index (χ2v) is 3.67. The smallest absolute Gasteiger partial charge is 0.339 e. The number of nitro groups is 1. The van der Waals surface area contributed by atoms with Crippen LogP contribution in [0.1, 0.15) is 10.4 Å². The summed E-state index contributed by atoms with van der Waals surface area (Å²) < 4.78 is 0. The maximum absolute atomic E-state index is 10.3. The zero-order valence-electron chi connectivity index (χ0n) is 10.3. The van der Waals surface area contributed by atoms with Crippen LogP contribution in [0.4, 0.5) is 11.4 Å². The van der Waals surface area contributed by atoms with Crippen molar-refractivity contribution in [3.63, 3.8) is 0 Å². The number of aromatic hydroxyl groups is 1. The van der Waals surface area contributed by atoms with Gasteiger partial charge in [0.05, 0.1) is 4.92 Å². The molecule has 0 aromatic heterocycles. The zero-order valence-corrected chi connectivity index (χ0v) is 10.3. The van der Waals surface area contributed by atoms with E-state index in [-0.39, 0.29) is 17.0 Å². The minimum Gasteiger partial charge on any atom is -0.507 e. The van der Waals surface area contributed by atoms with Gasteiger partial charge in [0.1, 0.15) is 11.3 Å². The molecule has 0 aliphatic carbocycles. The molecular formula is C13H12N2O5. The number of carboxylic acid groups (broad SMARTS) is 1. The Morgan fingerprint density at radius 1 is 1.15 bits per heavy atom. The first-order valence-electron chi connectivity index (χ1n) is 5.43. The van der Waals surface area contributed by atoms with E-state index in [1.54, 1.807) is 24.3 Å². The van der Waals surface area contributed by atoms with Crippen LogP contribution in [0.25, 0.3) is 0 Å². The monoisotopic (exact) mass is 276 g/mol. The number of phenols is 1. The van der Waals surface area contributed by atoms with Gasteiger partial charge in [0.15, 0.2) is 0 Å². The van der Waals surface area contributed by atoms with Gasteiger partial charge >= 0.3 is 5.97 Å². The van der Waals surface area contributed by atoms with Gasteiger partial charge in [-0.15, -0.1) is 0 Å². The van der Waals surface area contributed by atoms with E-state index in [0.29, 0.717) is 5.69 Å². The molecule has 0 atom stereocenters. The number of nitro benzene ring substituents is 1. The van der Waals surface area contributed by atoms with Crippen LogP contribution in [0, 0.1) is 10.1 Å². The van der Waals surface area contributed by atoms with Gasteiger partial charge in [-0.1, -0.05) is 18.2 Å². The highest BCUT2D eigenvalue weighted by Gasteiger charge is 2.05. The van der Waals surface area contributed by atoms with Crippen molar-refractivity contribution in [3.8, 4) is 5.75 Å². The summed E-state index contributed by atoms with van der Waals surface area (Å²) in [5.74, 6) is -1.31. The summed E-state index contributed by atoms with van der Waals surface area (Å²) in [6, 6.07) is 11.7. The summed E-state index contributed by atoms with van der Waals surface area (Å²) in [6.45, 7) is 0. The molecule has 2 rings (SSSR count). The number of non-ortho nitro benzene ring substituents is 1. The molecule has 0 fully saturated rings. The highest BCUT2D eigenvalue weighted by Crippen LogP contribution is 2.14. The molecule has 0 saturated carbocycles. The molecular weight excluding hydrogens is 264 g/mol. The lowest BCUT2D eigenvalue weighted by molar-refractivity contribution is -0.384. The molecule has 0 aliphatic rings. The van der Waals surface area contributed by atoms with Crippen LogP contribution in [-0.4, -0.2) is 21.1 Å². The van der Waals surface area contributed by atoms with Crippen molar-refractivity contribution >= 4 is 17.3 Å². The van der Waals surface area contributed by atoms with Crippen molar-refractivity contribution in [1.82, 2.24) is 0 Å². The van der Waals surface area contributed by atoms with Gasteiger partial charge < -0.3 is 15.9 Å². The third kappa shape index (κ3) is 4.30. The summed E-state index contributed by atoms with van der Waals surface area (Å²) >= 11 is 0. The van der Waals surface area contributed by atoms with Crippen LogP contribution < -0.4 is 5.73 Å². The average Bonchev–Trinajstić information content (AvgIpc) is 2.39. The molecule has 0 saturated heterocycles. The quantitative estimate of drug-likeness (QED) is 0.438. The van der Waals surface area contributed by atoms with Crippen molar-refractivity contribution in [2.45, 2.75) is 0 Å². The highest BCUT2D eigenvalue weighted by atomic mass is 16.6. The van der Waals surface area contributed by atoms with Crippen LogP contribution in [0.2, 0.25) is 0 Å². The minimum absolute atomic E-state index is 0.0278. The lowest BCUT2D eigenvalue weighted by Gasteiger charge is -1.95. The number of nitrogens with two attached hydrogens (primary N) is 1. The molecule has 0 amide bonds. The lowest BCUT2D eigenvalue weighted by atomic mass is 10.2. The molecule has 20 heavy (non-hydrogen) atoms. The number of hydrogen-bond acceptors (Lipinski definition) is 5. The Morgan fingerprint density at radius 2 is 1.80 bits per heavy atom. The maximum atomic E-state index is 10.3. The van der Waals surface area contributed by atoms with Crippen LogP contribution in [0.15, 0.2) is 48.5 Å². The summed E-state index contributed by atoms with van der Waals surface area (Å²) in [5, 5.41) is 27.4. The maximum Gasteiger partial charge on any atom is 0.339 e. The topological polar surface area (TPSA) is 127 Å². The van der Waals surface area contributed by atoms with Gasteiger partial charge in [-0.3, -0.25) is 10.1 Å². The first-order chi connectivity index (χ1) is 9.41. The largest absolute Gasteiger partial charge is 0.507 e. The average molecular weight is 276 g/mol. The van der Waals surface area contributed by atoms with Gasteiger partial charge in [0.25, 0.3) is 5.69 Å². The number of hydrogen-bond donors (Lipinski definition) is 3. The number of nitrogens with zero attached hydrogens (tertiary/aromatic N) is 1. The van der Waals surface area contributed by atoms with E-state index in [0.717, 1.165) is 0 Å². The molecule has 0 unspecified atom stereocenters. The van der Waals surface area contributed by atoms with Gasteiger partial charge in [-0.05, 0) is 18.2 Å². The van der Waals surface area contributed by atoms with Gasteiger partial charge in [-0.25, -0.2) is 4.79 Å². The fourth-order valence-electron chi connectivity index (χ4n) is 1.29. The predicted molar refractivity (Wildman–Crippen MR) is 72.6 cm³/mol. The summed E-state index contributed by atoms with van der Waals surface area (Å²) in [6.07, 6.45) is 0. The Morgan fingerprint density at radius 3 is 2.20 bits per heavy atom. The lowest BCUT2D eigenvalue weighted by Crippen LogP contribution is -1.95. The Kier molecular flexibility index (Phi) is 5.04. The Balaban J connectivity index is 0.000000200. The number of rotatable bonds is 2. The molecule has 2 aromatic carbocycles. The third-order valence-electron chi connectivity index (χ3n) is 2.22. The standard InChI is InChI=1S/C7H6O3.C6H6N2O2/c8-6-4-2-1-3-5(6)7(9)10;7-5-2-1-3-6(4-5)8(9)10/h1-4,8H,(H,9,10);1-4H,7H2. The SMILES string of the molecule is Nc1cccc([N+](=O)[O-])c1.O=C(O)c1ccccc1O. The molecule has 0 radical (unpaired) electrons. The van der Waals surface area contributed by atoms with E-state index in [4.69, 9.17) is 15.9 Å². The van der Waals surface area contributed by atoms with Crippen LogP contribution >= 0.6 is 0 Å². The van der Waals surface area contributed by atoms with E-state index in [1.807, 2.05) is 0 Å². The second kappa shape index (κ2) is 6.74. The number of aromatic carboxylic acids is 1. The number of para-hydroxylation sites is 1. The fourth-order valence-corrected chi connectivity index (χ4v) is 1.29. The van der Waals surface area contributed by atoms with E-state index in [9.17, 15) is 14.9 Å². The first-order valence-corrected chi connectivity index (χ1v) is 5.43.